The lowest BCUT2D eigenvalue weighted by molar-refractivity contribution is -0.122. The van der Waals surface area contributed by atoms with Crippen LogP contribution in [-0.4, -0.2) is 28.4 Å². The number of nitrogens with two attached hydrogens (primary N) is 1. The third kappa shape index (κ3) is 4.87. The molecule has 0 atom stereocenters. The Morgan fingerprint density at radius 3 is 2.84 bits per heavy atom. The minimum atomic E-state index is -0.713. The van der Waals surface area contributed by atoms with E-state index in [1.807, 2.05) is 23.7 Å². The number of benzene rings is 1. The van der Waals surface area contributed by atoms with Gasteiger partial charge in [-0.2, -0.15) is 0 Å². The number of aromatic nitrogens is 1. The number of amides is 1. The Labute approximate surface area is 153 Å². The van der Waals surface area contributed by atoms with Crippen LogP contribution in [0, 0.1) is 0 Å². The molecule has 1 aliphatic carbocycles. The molecule has 1 heterocycles. The summed E-state index contributed by atoms with van der Waals surface area (Å²) < 4.78 is 0. The molecule has 1 aromatic carbocycles. The maximum absolute atomic E-state index is 12.6. The molecule has 6 heteroatoms. The monoisotopic (exact) mass is 358 g/mol. The number of hydrogen-bond acceptors (Lipinski definition) is 5. The van der Waals surface area contributed by atoms with Gasteiger partial charge >= 0.3 is 0 Å². The number of anilines is 1. The minimum absolute atomic E-state index is 0.0554. The van der Waals surface area contributed by atoms with Gasteiger partial charge in [-0.1, -0.05) is 31.4 Å². The van der Waals surface area contributed by atoms with Crippen LogP contribution in [0.5, 0.6) is 0 Å². The Bertz CT molecular complexity index is 695. The number of hydrogen-bond donors (Lipinski definition) is 2. The number of nitrogens with zero attached hydrogens (tertiary/aromatic N) is 2. The molecule has 1 saturated carbocycles. The second kappa shape index (κ2) is 8.08. The molecular weight excluding hydrogens is 332 g/mol. The molecule has 0 saturated heterocycles. The van der Waals surface area contributed by atoms with Gasteiger partial charge in [0.1, 0.15) is 0 Å². The van der Waals surface area contributed by atoms with Crippen molar-refractivity contribution in [2.24, 2.45) is 5.73 Å². The van der Waals surface area contributed by atoms with Crippen molar-refractivity contribution < 1.29 is 4.79 Å². The zero-order chi connectivity index (χ0) is 17.7. The highest BCUT2D eigenvalue weighted by Crippen LogP contribution is 2.27. The van der Waals surface area contributed by atoms with Crippen molar-refractivity contribution in [3.05, 3.63) is 46.4 Å². The Morgan fingerprint density at radius 2 is 2.12 bits per heavy atom. The van der Waals surface area contributed by atoms with Crippen molar-refractivity contribution in [2.75, 3.05) is 12.4 Å². The number of carbonyl (C=O) groups is 1. The molecule has 5 nitrogen and oxygen atoms in total. The van der Waals surface area contributed by atoms with Gasteiger partial charge in [0.25, 0.3) is 0 Å². The Balaban J connectivity index is 1.60. The average molecular weight is 359 g/mol. The van der Waals surface area contributed by atoms with Crippen molar-refractivity contribution in [3.8, 4) is 0 Å². The molecule has 0 unspecified atom stereocenters. The van der Waals surface area contributed by atoms with Crippen LogP contribution in [0.3, 0.4) is 0 Å². The third-order valence-corrected chi connectivity index (χ3v) is 5.39. The van der Waals surface area contributed by atoms with Gasteiger partial charge < -0.3 is 11.1 Å². The second-order valence-electron chi connectivity index (χ2n) is 7.02. The molecule has 1 amide bonds. The minimum Gasteiger partial charge on any atom is -0.324 e. The molecule has 0 aliphatic heterocycles. The van der Waals surface area contributed by atoms with E-state index in [1.54, 1.807) is 11.3 Å². The molecule has 1 fully saturated rings. The van der Waals surface area contributed by atoms with E-state index >= 15 is 0 Å². The molecule has 1 aromatic heterocycles. The number of nitrogens with one attached hydrogen (secondary N) is 1. The maximum Gasteiger partial charge on any atom is 0.244 e. The van der Waals surface area contributed by atoms with E-state index in [1.165, 1.54) is 6.42 Å². The summed E-state index contributed by atoms with van der Waals surface area (Å²) in [7, 11) is 2.07. The quantitative estimate of drug-likeness (QED) is 0.830. The van der Waals surface area contributed by atoms with Gasteiger partial charge in [-0.25, -0.2) is 4.98 Å². The van der Waals surface area contributed by atoms with E-state index in [9.17, 15) is 4.79 Å². The van der Waals surface area contributed by atoms with Crippen molar-refractivity contribution in [1.82, 2.24) is 9.88 Å². The highest BCUT2D eigenvalue weighted by atomic mass is 32.1. The van der Waals surface area contributed by atoms with Crippen molar-refractivity contribution >= 4 is 22.9 Å². The van der Waals surface area contributed by atoms with Crippen LogP contribution >= 0.6 is 11.3 Å². The zero-order valence-electron chi connectivity index (χ0n) is 14.7. The summed E-state index contributed by atoms with van der Waals surface area (Å²) in [6, 6.07) is 8.01. The maximum atomic E-state index is 12.6. The van der Waals surface area contributed by atoms with Gasteiger partial charge in [0.15, 0.2) is 0 Å². The highest BCUT2D eigenvalue weighted by Gasteiger charge is 2.35. The van der Waals surface area contributed by atoms with Crippen LogP contribution in [-0.2, 0) is 17.9 Å². The van der Waals surface area contributed by atoms with Crippen LogP contribution in [0.1, 0.15) is 43.4 Å². The van der Waals surface area contributed by atoms with E-state index in [0.29, 0.717) is 0 Å². The lowest BCUT2D eigenvalue weighted by atomic mass is 9.82. The van der Waals surface area contributed by atoms with Crippen molar-refractivity contribution in [3.63, 3.8) is 0 Å². The number of carbonyl (C=O) groups excluding carboxylic acids is 1. The fourth-order valence-corrected chi connectivity index (χ4v) is 3.92. The van der Waals surface area contributed by atoms with E-state index in [2.05, 4.69) is 33.7 Å². The highest BCUT2D eigenvalue weighted by molar-refractivity contribution is 7.07. The van der Waals surface area contributed by atoms with Gasteiger partial charge in [0.05, 0.1) is 16.7 Å². The summed E-state index contributed by atoms with van der Waals surface area (Å²) >= 11 is 1.61. The van der Waals surface area contributed by atoms with Crippen LogP contribution in [0.4, 0.5) is 5.69 Å². The Kier molecular flexibility index (Phi) is 5.83. The first kappa shape index (κ1) is 18.0. The molecule has 3 N–H and O–H groups in total. The summed E-state index contributed by atoms with van der Waals surface area (Å²) in [5, 5.41) is 5.09. The second-order valence-corrected chi connectivity index (χ2v) is 7.74. The topological polar surface area (TPSA) is 71.2 Å². The smallest absolute Gasteiger partial charge is 0.244 e. The average Bonchev–Trinajstić information content (AvgIpc) is 3.08. The molecule has 0 bridgehead atoms. The van der Waals surface area contributed by atoms with E-state index in [0.717, 1.165) is 55.7 Å². The SMILES string of the molecule is CN(Cc1cccc(NC(=O)C2(N)CCCCC2)c1)Cc1cscn1. The third-order valence-electron chi connectivity index (χ3n) is 4.75. The first-order chi connectivity index (χ1) is 12.0. The van der Waals surface area contributed by atoms with Crippen LogP contribution in [0.15, 0.2) is 35.2 Å². The van der Waals surface area contributed by atoms with E-state index < -0.39 is 5.54 Å². The van der Waals surface area contributed by atoms with Gasteiger partial charge in [0.2, 0.25) is 5.91 Å². The Hall–Kier alpha value is -1.76. The molecule has 0 spiro atoms. The summed E-state index contributed by atoms with van der Waals surface area (Å²) in [5.74, 6) is -0.0554. The molecule has 0 radical (unpaired) electrons. The fraction of sp³-hybridized carbons (Fsp3) is 0.474. The standard InChI is InChI=1S/C19H26N4OS/c1-23(12-17-13-25-14-21-17)11-15-6-5-7-16(10-15)22-18(24)19(20)8-3-2-4-9-19/h5-7,10,13-14H,2-4,8-9,11-12,20H2,1H3,(H,22,24). The van der Waals surface area contributed by atoms with Crippen LogP contribution in [0.25, 0.3) is 0 Å². The zero-order valence-corrected chi connectivity index (χ0v) is 15.5. The summed E-state index contributed by atoms with van der Waals surface area (Å²) in [5.41, 5.74) is 10.5. The van der Waals surface area contributed by atoms with Gasteiger partial charge in [-0.3, -0.25) is 9.69 Å². The lowest BCUT2D eigenvalue weighted by Gasteiger charge is -2.31. The number of thiazole rings is 1. The predicted molar refractivity (Wildman–Crippen MR) is 102 cm³/mol. The molecule has 25 heavy (non-hydrogen) atoms. The largest absolute Gasteiger partial charge is 0.324 e. The Morgan fingerprint density at radius 1 is 1.32 bits per heavy atom. The fourth-order valence-electron chi connectivity index (χ4n) is 3.37. The summed E-state index contributed by atoms with van der Waals surface area (Å²) in [6.07, 6.45) is 4.79. The molecular formula is C19H26N4OS. The first-order valence-corrected chi connectivity index (χ1v) is 9.74. The molecule has 134 valence electrons. The molecule has 2 aromatic rings. The normalized spacial score (nSPS) is 16.8. The summed E-state index contributed by atoms with van der Waals surface area (Å²) in [6.45, 7) is 1.61. The van der Waals surface area contributed by atoms with Crippen LogP contribution < -0.4 is 11.1 Å². The van der Waals surface area contributed by atoms with Gasteiger partial charge in [-0.15, -0.1) is 11.3 Å². The van der Waals surface area contributed by atoms with E-state index in [4.69, 9.17) is 5.73 Å². The van der Waals surface area contributed by atoms with Crippen molar-refractivity contribution in [1.29, 1.82) is 0 Å². The van der Waals surface area contributed by atoms with Crippen molar-refractivity contribution in [2.45, 2.75) is 50.7 Å². The van der Waals surface area contributed by atoms with Gasteiger partial charge in [0, 0.05) is 24.2 Å². The van der Waals surface area contributed by atoms with E-state index in [-0.39, 0.29) is 5.91 Å². The van der Waals surface area contributed by atoms with Crippen LogP contribution in [0.2, 0.25) is 0 Å². The predicted octanol–water partition coefficient (Wildman–Crippen LogP) is 3.38. The number of rotatable bonds is 6. The molecule has 3 rings (SSSR count). The molecule has 1 aliphatic rings. The lowest BCUT2D eigenvalue weighted by Crippen LogP contribution is -2.52. The summed E-state index contributed by atoms with van der Waals surface area (Å²) in [4.78, 5) is 19.1. The first-order valence-electron chi connectivity index (χ1n) is 8.80. The van der Waals surface area contributed by atoms with Gasteiger partial charge in [-0.05, 0) is 37.6 Å².